The molecule has 2 nitrogen and oxygen atoms in total. The van der Waals surface area contributed by atoms with E-state index in [0.717, 1.165) is 0 Å². The number of hydrogen-bond donors (Lipinski definition) is 1. The largest absolute Gasteiger partial charge is 0.312 e. The minimum Gasteiger partial charge on any atom is -0.312 e. The highest BCUT2D eigenvalue weighted by Gasteiger charge is 2.26. The van der Waals surface area contributed by atoms with Gasteiger partial charge < -0.3 is 5.32 Å². The highest BCUT2D eigenvalue weighted by molar-refractivity contribution is 7.11. The van der Waals surface area contributed by atoms with Crippen molar-refractivity contribution in [2.75, 3.05) is 7.05 Å². The van der Waals surface area contributed by atoms with Crippen molar-refractivity contribution in [2.24, 2.45) is 0 Å². The van der Waals surface area contributed by atoms with Gasteiger partial charge >= 0.3 is 0 Å². The first kappa shape index (κ1) is 11.9. The van der Waals surface area contributed by atoms with Gasteiger partial charge in [-0.1, -0.05) is 24.3 Å². The van der Waals surface area contributed by atoms with Gasteiger partial charge in [-0.3, -0.25) is 0 Å². The average Bonchev–Trinajstić information content (AvgIpc) is 3.03. The Kier molecular flexibility index (Phi) is 3.18. The SMILES string of the molecule is CNC(C)c1cnc(C2CCc3ccccc32)s1. The molecule has 18 heavy (non-hydrogen) atoms. The van der Waals surface area contributed by atoms with Crippen molar-refractivity contribution >= 4 is 11.3 Å². The van der Waals surface area contributed by atoms with Crippen LogP contribution in [0.4, 0.5) is 0 Å². The quantitative estimate of drug-likeness (QED) is 0.911. The Hall–Kier alpha value is -1.19. The van der Waals surface area contributed by atoms with Crippen LogP contribution in [-0.2, 0) is 6.42 Å². The molecule has 0 amide bonds. The highest BCUT2D eigenvalue weighted by Crippen LogP contribution is 2.40. The third-order valence-electron chi connectivity index (χ3n) is 3.83. The summed E-state index contributed by atoms with van der Waals surface area (Å²) in [4.78, 5) is 5.98. The molecular weight excluding hydrogens is 240 g/mol. The van der Waals surface area contributed by atoms with Crippen LogP contribution in [0.25, 0.3) is 0 Å². The van der Waals surface area contributed by atoms with Crippen molar-refractivity contribution in [3.63, 3.8) is 0 Å². The number of hydrogen-bond acceptors (Lipinski definition) is 3. The number of fused-ring (bicyclic) bond motifs is 1. The van der Waals surface area contributed by atoms with E-state index in [9.17, 15) is 0 Å². The summed E-state index contributed by atoms with van der Waals surface area (Å²) >= 11 is 1.85. The van der Waals surface area contributed by atoms with Crippen LogP contribution in [0.1, 0.15) is 46.3 Å². The van der Waals surface area contributed by atoms with E-state index in [-0.39, 0.29) is 0 Å². The standard InChI is InChI=1S/C15H18N2S/c1-10(16-2)14-9-17-15(18-14)13-8-7-11-5-3-4-6-12(11)13/h3-6,9-10,13,16H,7-8H2,1-2H3. The molecule has 3 rings (SSSR count). The van der Waals surface area contributed by atoms with Crippen LogP contribution in [0, 0.1) is 0 Å². The number of nitrogens with zero attached hydrogens (tertiary/aromatic N) is 1. The van der Waals surface area contributed by atoms with E-state index in [1.54, 1.807) is 0 Å². The van der Waals surface area contributed by atoms with Crippen molar-refractivity contribution in [1.82, 2.24) is 10.3 Å². The fourth-order valence-electron chi connectivity index (χ4n) is 2.62. The molecule has 1 aromatic carbocycles. The Labute approximate surface area is 112 Å². The first-order valence-electron chi connectivity index (χ1n) is 6.50. The molecule has 1 aromatic heterocycles. The first-order valence-corrected chi connectivity index (χ1v) is 7.32. The van der Waals surface area contributed by atoms with Gasteiger partial charge in [-0.15, -0.1) is 11.3 Å². The van der Waals surface area contributed by atoms with Gasteiger partial charge in [0.15, 0.2) is 0 Å². The Bertz CT molecular complexity index is 547. The fraction of sp³-hybridized carbons (Fsp3) is 0.400. The number of thiazole rings is 1. The predicted molar refractivity (Wildman–Crippen MR) is 76.2 cm³/mol. The summed E-state index contributed by atoms with van der Waals surface area (Å²) in [7, 11) is 1.99. The van der Waals surface area contributed by atoms with Crippen LogP contribution in [0.2, 0.25) is 0 Å². The topological polar surface area (TPSA) is 24.9 Å². The highest BCUT2D eigenvalue weighted by atomic mass is 32.1. The van der Waals surface area contributed by atoms with Crippen LogP contribution in [-0.4, -0.2) is 12.0 Å². The molecule has 1 heterocycles. The van der Waals surface area contributed by atoms with Crippen LogP contribution in [0.5, 0.6) is 0 Å². The minimum atomic E-state index is 0.396. The molecule has 0 bridgehead atoms. The molecule has 0 saturated heterocycles. The van der Waals surface area contributed by atoms with Crippen molar-refractivity contribution in [2.45, 2.75) is 31.7 Å². The van der Waals surface area contributed by atoms with E-state index < -0.39 is 0 Å². The Morgan fingerprint density at radius 2 is 2.22 bits per heavy atom. The van der Waals surface area contributed by atoms with Crippen LogP contribution >= 0.6 is 11.3 Å². The second kappa shape index (κ2) is 4.82. The van der Waals surface area contributed by atoms with Crippen LogP contribution in [0.15, 0.2) is 30.5 Å². The molecule has 0 saturated carbocycles. The molecule has 0 radical (unpaired) electrons. The maximum absolute atomic E-state index is 4.64. The molecule has 2 unspecified atom stereocenters. The normalized spacial score (nSPS) is 19.8. The number of nitrogens with one attached hydrogen (secondary N) is 1. The lowest BCUT2D eigenvalue weighted by atomic mass is 10.0. The van der Waals surface area contributed by atoms with Gasteiger partial charge in [0, 0.05) is 23.0 Å². The van der Waals surface area contributed by atoms with Crippen LogP contribution < -0.4 is 5.32 Å². The summed E-state index contributed by atoms with van der Waals surface area (Å²) < 4.78 is 0. The Balaban J connectivity index is 1.91. The lowest BCUT2D eigenvalue weighted by Crippen LogP contribution is -2.10. The molecule has 2 aromatic rings. The molecule has 2 atom stereocenters. The van der Waals surface area contributed by atoms with Crippen molar-refractivity contribution in [3.8, 4) is 0 Å². The third kappa shape index (κ3) is 1.98. The zero-order valence-electron chi connectivity index (χ0n) is 10.8. The maximum atomic E-state index is 4.64. The smallest absolute Gasteiger partial charge is 0.100 e. The zero-order valence-corrected chi connectivity index (χ0v) is 11.6. The average molecular weight is 258 g/mol. The zero-order chi connectivity index (χ0) is 12.5. The Morgan fingerprint density at radius 3 is 3.06 bits per heavy atom. The first-order chi connectivity index (χ1) is 8.79. The van der Waals surface area contributed by atoms with Gasteiger partial charge in [0.1, 0.15) is 5.01 Å². The maximum Gasteiger partial charge on any atom is 0.100 e. The molecule has 0 fully saturated rings. The van der Waals surface area contributed by atoms with Crippen LogP contribution in [0.3, 0.4) is 0 Å². The van der Waals surface area contributed by atoms with Gasteiger partial charge in [-0.25, -0.2) is 4.98 Å². The Morgan fingerprint density at radius 1 is 1.39 bits per heavy atom. The van der Waals surface area contributed by atoms with E-state index in [1.165, 1.54) is 33.9 Å². The number of aromatic nitrogens is 1. The summed E-state index contributed by atoms with van der Waals surface area (Å²) in [5.41, 5.74) is 2.98. The third-order valence-corrected chi connectivity index (χ3v) is 5.13. The van der Waals surface area contributed by atoms with E-state index >= 15 is 0 Å². The van der Waals surface area contributed by atoms with Gasteiger partial charge in [-0.05, 0) is 37.9 Å². The van der Waals surface area contributed by atoms with Crippen molar-refractivity contribution in [1.29, 1.82) is 0 Å². The van der Waals surface area contributed by atoms with Gasteiger partial charge in [-0.2, -0.15) is 0 Å². The number of benzene rings is 1. The molecular formula is C15H18N2S. The molecule has 3 heteroatoms. The lowest BCUT2D eigenvalue weighted by Gasteiger charge is -2.08. The summed E-state index contributed by atoms with van der Waals surface area (Å²) in [6.07, 6.45) is 4.43. The number of rotatable bonds is 3. The molecule has 0 aliphatic heterocycles. The van der Waals surface area contributed by atoms with E-state index in [1.807, 2.05) is 24.6 Å². The second-order valence-corrected chi connectivity index (χ2v) is 6.00. The summed E-state index contributed by atoms with van der Waals surface area (Å²) in [5, 5.41) is 4.55. The van der Waals surface area contributed by atoms with Crippen molar-refractivity contribution in [3.05, 3.63) is 51.5 Å². The second-order valence-electron chi connectivity index (χ2n) is 4.90. The molecule has 1 aliphatic carbocycles. The number of aryl methyl sites for hydroxylation is 1. The molecule has 94 valence electrons. The summed E-state index contributed by atoms with van der Waals surface area (Å²) in [5.74, 6) is 0.518. The van der Waals surface area contributed by atoms with E-state index in [4.69, 9.17) is 0 Å². The molecule has 1 N–H and O–H groups in total. The predicted octanol–water partition coefficient (Wildman–Crippen LogP) is 3.50. The summed E-state index contributed by atoms with van der Waals surface area (Å²) in [6.45, 7) is 2.18. The molecule has 1 aliphatic rings. The van der Waals surface area contributed by atoms with E-state index in [2.05, 4.69) is 41.5 Å². The monoisotopic (exact) mass is 258 g/mol. The minimum absolute atomic E-state index is 0.396. The fourth-order valence-corrected chi connectivity index (χ4v) is 3.75. The van der Waals surface area contributed by atoms with Gasteiger partial charge in [0.05, 0.1) is 0 Å². The summed E-state index contributed by atoms with van der Waals surface area (Å²) in [6, 6.07) is 9.18. The van der Waals surface area contributed by atoms with Gasteiger partial charge in [0.2, 0.25) is 0 Å². The molecule has 0 spiro atoms. The van der Waals surface area contributed by atoms with Gasteiger partial charge in [0.25, 0.3) is 0 Å². The lowest BCUT2D eigenvalue weighted by molar-refractivity contribution is 0.662. The van der Waals surface area contributed by atoms with E-state index in [0.29, 0.717) is 12.0 Å². The van der Waals surface area contributed by atoms with Crippen molar-refractivity contribution < 1.29 is 0 Å².